The van der Waals surface area contributed by atoms with Crippen LogP contribution in [-0.4, -0.2) is 37.5 Å². The average Bonchev–Trinajstić information content (AvgIpc) is 2.51. The Labute approximate surface area is 74.1 Å². The van der Waals surface area contributed by atoms with Crippen LogP contribution in [0, 0.1) is 0 Å². The molecule has 1 aliphatic heterocycles. The second kappa shape index (κ2) is 4.45. The van der Waals surface area contributed by atoms with Gasteiger partial charge in [0.1, 0.15) is 0 Å². The molecule has 0 aromatic heterocycles. The van der Waals surface area contributed by atoms with E-state index in [1.807, 2.05) is 14.1 Å². The van der Waals surface area contributed by atoms with Crippen molar-refractivity contribution >= 4 is 5.91 Å². The molecule has 0 saturated carbocycles. The van der Waals surface area contributed by atoms with Crippen LogP contribution < -0.4 is 5.32 Å². The van der Waals surface area contributed by atoms with Crippen molar-refractivity contribution in [1.29, 1.82) is 0 Å². The number of amides is 1. The Morgan fingerprint density at radius 1 is 1.58 bits per heavy atom. The van der Waals surface area contributed by atoms with E-state index in [0.717, 1.165) is 13.0 Å². The third-order valence-corrected chi connectivity index (χ3v) is 2.37. The van der Waals surface area contributed by atoms with E-state index in [1.54, 1.807) is 4.90 Å². The fourth-order valence-corrected chi connectivity index (χ4v) is 1.52. The molecule has 12 heavy (non-hydrogen) atoms. The maximum absolute atomic E-state index is 11.2. The van der Waals surface area contributed by atoms with Gasteiger partial charge in [0.25, 0.3) is 0 Å². The van der Waals surface area contributed by atoms with Gasteiger partial charge in [0.2, 0.25) is 5.91 Å². The van der Waals surface area contributed by atoms with Gasteiger partial charge in [0.05, 0.1) is 0 Å². The van der Waals surface area contributed by atoms with E-state index in [2.05, 4.69) is 5.32 Å². The van der Waals surface area contributed by atoms with E-state index >= 15 is 0 Å². The van der Waals surface area contributed by atoms with Crippen LogP contribution in [0.2, 0.25) is 0 Å². The minimum atomic E-state index is 0.240. The van der Waals surface area contributed by atoms with Crippen LogP contribution >= 0.6 is 0 Å². The van der Waals surface area contributed by atoms with Gasteiger partial charge in [0, 0.05) is 26.6 Å². The van der Waals surface area contributed by atoms with E-state index in [9.17, 15) is 4.79 Å². The number of hydrogen-bond donors (Lipinski definition) is 1. The second-order valence-corrected chi connectivity index (χ2v) is 3.62. The summed E-state index contributed by atoms with van der Waals surface area (Å²) in [5, 5.41) is 3.38. The molecular weight excluding hydrogens is 152 g/mol. The smallest absolute Gasteiger partial charge is 0.222 e. The summed E-state index contributed by atoms with van der Waals surface area (Å²) in [6, 6.07) is 0.592. The first-order valence-corrected chi connectivity index (χ1v) is 4.63. The molecule has 3 heteroatoms. The van der Waals surface area contributed by atoms with Gasteiger partial charge in [-0.15, -0.1) is 0 Å². The minimum Gasteiger partial charge on any atom is -0.349 e. The quantitative estimate of drug-likeness (QED) is 0.673. The lowest BCUT2D eigenvalue weighted by molar-refractivity contribution is -0.128. The Morgan fingerprint density at radius 2 is 2.33 bits per heavy atom. The molecule has 0 aromatic rings. The van der Waals surface area contributed by atoms with E-state index in [-0.39, 0.29) is 5.91 Å². The standard InChI is InChI=1S/C9H18N2O/c1-11(2)9(12)6-5-8-4-3-7-10-8/h8,10H,3-7H2,1-2H3. The van der Waals surface area contributed by atoms with Gasteiger partial charge in [0.15, 0.2) is 0 Å². The van der Waals surface area contributed by atoms with E-state index < -0.39 is 0 Å². The highest BCUT2D eigenvalue weighted by atomic mass is 16.2. The summed E-state index contributed by atoms with van der Waals surface area (Å²) in [5.41, 5.74) is 0. The van der Waals surface area contributed by atoms with Gasteiger partial charge in [-0.05, 0) is 25.8 Å². The third-order valence-electron chi connectivity index (χ3n) is 2.37. The number of nitrogens with one attached hydrogen (secondary N) is 1. The Kier molecular flexibility index (Phi) is 3.53. The summed E-state index contributed by atoms with van der Waals surface area (Å²) in [4.78, 5) is 12.9. The molecule has 1 rings (SSSR count). The van der Waals surface area contributed by atoms with Crippen molar-refractivity contribution in [3.8, 4) is 0 Å². The summed E-state index contributed by atoms with van der Waals surface area (Å²) >= 11 is 0. The molecule has 1 heterocycles. The van der Waals surface area contributed by atoms with E-state index in [0.29, 0.717) is 12.5 Å². The molecule has 0 aromatic carbocycles. The maximum Gasteiger partial charge on any atom is 0.222 e. The second-order valence-electron chi connectivity index (χ2n) is 3.62. The fraction of sp³-hybridized carbons (Fsp3) is 0.889. The minimum absolute atomic E-state index is 0.240. The average molecular weight is 170 g/mol. The van der Waals surface area contributed by atoms with Crippen LogP contribution in [0.25, 0.3) is 0 Å². The predicted octanol–water partition coefficient (Wildman–Crippen LogP) is 0.607. The summed E-state index contributed by atoms with van der Waals surface area (Å²) in [6.45, 7) is 1.13. The van der Waals surface area contributed by atoms with Gasteiger partial charge in [-0.25, -0.2) is 0 Å². The lowest BCUT2D eigenvalue weighted by Gasteiger charge is -2.12. The van der Waals surface area contributed by atoms with Crippen LogP contribution in [0.3, 0.4) is 0 Å². The lowest BCUT2D eigenvalue weighted by atomic mass is 10.1. The van der Waals surface area contributed by atoms with Crippen molar-refractivity contribution in [3.63, 3.8) is 0 Å². The summed E-state index contributed by atoms with van der Waals surface area (Å²) in [5.74, 6) is 0.240. The van der Waals surface area contributed by atoms with Gasteiger partial charge in [-0.1, -0.05) is 0 Å². The molecule has 70 valence electrons. The third kappa shape index (κ3) is 2.81. The van der Waals surface area contributed by atoms with Crippen molar-refractivity contribution in [2.24, 2.45) is 0 Å². The zero-order chi connectivity index (χ0) is 8.97. The van der Waals surface area contributed by atoms with Crippen molar-refractivity contribution in [3.05, 3.63) is 0 Å². The highest BCUT2D eigenvalue weighted by Gasteiger charge is 2.15. The normalized spacial score (nSPS) is 22.7. The number of carbonyl (C=O) groups excluding carboxylic acids is 1. The number of carbonyl (C=O) groups is 1. The molecule has 0 bridgehead atoms. The van der Waals surface area contributed by atoms with Crippen molar-refractivity contribution in [2.75, 3.05) is 20.6 Å². The first-order valence-electron chi connectivity index (χ1n) is 4.63. The molecule has 3 nitrogen and oxygen atoms in total. The Bertz CT molecular complexity index is 151. The zero-order valence-corrected chi connectivity index (χ0v) is 7.97. The Morgan fingerprint density at radius 3 is 2.83 bits per heavy atom. The summed E-state index contributed by atoms with van der Waals surface area (Å²) < 4.78 is 0. The maximum atomic E-state index is 11.2. The van der Waals surface area contributed by atoms with Crippen LogP contribution in [-0.2, 0) is 4.79 Å². The predicted molar refractivity (Wildman–Crippen MR) is 49.0 cm³/mol. The number of rotatable bonds is 3. The molecule has 0 spiro atoms. The van der Waals surface area contributed by atoms with Crippen molar-refractivity contribution in [2.45, 2.75) is 31.7 Å². The lowest BCUT2D eigenvalue weighted by Crippen LogP contribution is -2.26. The SMILES string of the molecule is CN(C)C(=O)CCC1CCCN1. The van der Waals surface area contributed by atoms with Gasteiger partial charge in [-0.3, -0.25) is 4.79 Å². The summed E-state index contributed by atoms with van der Waals surface area (Å²) in [6.07, 6.45) is 4.18. The monoisotopic (exact) mass is 170 g/mol. The molecule has 1 atom stereocenters. The highest BCUT2D eigenvalue weighted by molar-refractivity contribution is 5.75. The first kappa shape index (κ1) is 9.52. The van der Waals surface area contributed by atoms with E-state index in [1.165, 1.54) is 12.8 Å². The molecule has 1 unspecified atom stereocenters. The van der Waals surface area contributed by atoms with Gasteiger partial charge >= 0.3 is 0 Å². The molecule has 1 saturated heterocycles. The molecule has 1 fully saturated rings. The molecule has 1 amide bonds. The molecule has 0 radical (unpaired) electrons. The molecule has 1 aliphatic rings. The molecule has 0 aliphatic carbocycles. The van der Waals surface area contributed by atoms with Crippen LogP contribution in [0.15, 0.2) is 0 Å². The largest absolute Gasteiger partial charge is 0.349 e. The highest BCUT2D eigenvalue weighted by Crippen LogP contribution is 2.10. The topological polar surface area (TPSA) is 32.3 Å². The number of hydrogen-bond acceptors (Lipinski definition) is 2. The first-order chi connectivity index (χ1) is 5.70. The molecular formula is C9H18N2O. The van der Waals surface area contributed by atoms with E-state index in [4.69, 9.17) is 0 Å². The Balaban J connectivity index is 2.12. The molecule has 1 N–H and O–H groups in total. The Hall–Kier alpha value is -0.570. The number of nitrogens with zero attached hydrogens (tertiary/aromatic N) is 1. The van der Waals surface area contributed by atoms with Gasteiger partial charge in [-0.2, -0.15) is 0 Å². The summed E-state index contributed by atoms with van der Waals surface area (Å²) in [7, 11) is 3.62. The van der Waals surface area contributed by atoms with Crippen LogP contribution in [0.1, 0.15) is 25.7 Å². The zero-order valence-electron chi connectivity index (χ0n) is 7.97. The van der Waals surface area contributed by atoms with Crippen LogP contribution in [0.5, 0.6) is 0 Å². The fourth-order valence-electron chi connectivity index (χ4n) is 1.52. The van der Waals surface area contributed by atoms with Crippen molar-refractivity contribution < 1.29 is 4.79 Å². The van der Waals surface area contributed by atoms with Crippen molar-refractivity contribution in [1.82, 2.24) is 10.2 Å². The van der Waals surface area contributed by atoms with Crippen LogP contribution in [0.4, 0.5) is 0 Å². The van der Waals surface area contributed by atoms with Gasteiger partial charge < -0.3 is 10.2 Å².